The van der Waals surface area contributed by atoms with E-state index in [2.05, 4.69) is 36.1 Å². The molecule has 1 nitrogen and oxygen atoms in total. The van der Waals surface area contributed by atoms with Crippen LogP contribution in [0.3, 0.4) is 0 Å². The number of aryl methyl sites for hydroxylation is 1. The van der Waals surface area contributed by atoms with E-state index in [0.717, 1.165) is 12.0 Å². The summed E-state index contributed by atoms with van der Waals surface area (Å²) in [7, 11) is 0. The smallest absolute Gasteiger partial charge is 0.0160 e. The first-order chi connectivity index (χ1) is 14.3. The van der Waals surface area contributed by atoms with Crippen LogP contribution >= 0.6 is 0 Å². The van der Waals surface area contributed by atoms with Crippen LogP contribution in [0.4, 0.5) is 0 Å². The van der Waals surface area contributed by atoms with E-state index in [1.807, 2.05) is 0 Å². The molecule has 3 fully saturated rings. The van der Waals surface area contributed by atoms with Crippen LogP contribution in [0.15, 0.2) is 24.3 Å². The van der Waals surface area contributed by atoms with Crippen LogP contribution in [-0.4, -0.2) is 24.0 Å². The summed E-state index contributed by atoms with van der Waals surface area (Å²) in [6, 6.07) is 10.4. The Balaban J connectivity index is 1.47. The van der Waals surface area contributed by atoms with E-state index in [1.165, 1.54) is 109 Å². The number of benzene rings is 1. The molecule has 3 aliphatic carbocycles. The molecule has 1 aromatic carbocycles. The van der Waals surface area contributed by atoms with Crippen LogP contribution in [0.25, 0.3) is 0 Å². The van der Waals surface area contributed by atoms with E-state index in [0.29, 0.717) is 10.8 Å². The fraction of sp³-hybridized carbons (Fsp3) is 0.786. The summed E-state index contributed by atoms with van der Waals surface area (Å²) in [6.07, 6.45) is 21.8. The molecule has 1 aliphatic heterocycles. The van der Waals surface area contributed by atoms with Gasteiger partial charge in [-0.2, -0.15) is 0 Å². The lowest BCUT2D eigenvalue weighted by atomic mass is 9.49. The van der Waals surface area contributed by atoms with Gasteiger partial charge in [-0.1, -0.05) is 76.1 Å². The van der Waals surface area contributed by atoms with Crippen LogP contribution in [0, 0.1) is 11.3 Å². The third-order valence-corrected chi connectivity index (χ3v) is 9.76. The average molecular weight is 394 g/mol. The van der Waals surface area contributed by atoms with Crippen molar-refractivity contribution in [3.8, 4) is 0 Å². The second-order valence-corrected chi connectivity index (χ2v) is 11.0. The first-order valence-corrected chi connectivity index (χ1v) is 13.1. The van der Waals surface area contributed by atoms with Crippen LogP contribution in [0.5, 0.6) is 0 Å². The molecule has 29 heavy (non-hydrogen) atoms. The largest absolute Gasteiger partial charge is 0.299 e. The minimum Gasteiger partial charge on any atom is -0.299 e. The predicted molar refractivity (Wildman–Crippen MR) is 123 cm³/mol. The highest BCUT2D eigenvalue weighted by molar-refractivity contribution is 5.43. The zero-order valence-corrected chi connectivity index (χ0v) is 18.9. The van der Waals surface area contributed by atoms with Gasteiger partial charge in [-0.05, 0) is 80.4 Å². The summed E-state index contributed by atoms with van der Waals surface area (Å²) >= 11 is 0. The van der Waals surface area contributed by atoms with Gasteiger partial charge in [0, 0.05) is 18.0 Å². The summed E-state index contributed by atoms with van der Waals surface area (Å²) < 4.78 is 0. The maximum absolute atomic E-state index is 3.06. The molecule has 3 unspecified atom stereocenters. The first-order valence-electron chi connectivity index (χ1n) is 13.1. The molecule has 1 saturated heterocycles. The molecular formula is C28H43N. The summed E-state index contributed by atoms with van der Waals surface area (Å²) in [6.45, 7) is 5.17. The Morgan fingerprint density at radius 2 is 1.76 bits per heavy atom. The standard InChI is InChI=1S/C28H43N/c1-2-3-15-26-28-18-10-17-27(28,25-14-9-8-13-24(25)16-19-28)20-21-29(26)22-23-11-6-4-5-7-12-23/h8-9,13-14,23,26H,2-7,10-12,15-22H2,1H3. The fourth-order valence-corrected chi connectivity index (χ4v) is 8.48. The molecule has 2 saturated carbocycles. The minimum absolute atomic E-state index is 0.500. The molecule has 4 aliphatic rings. The van der Waals surface area contributed by atoms with Crippen molar-refractivity contribution in [2.75, 3.05) is 13.1 Å². The van der Waals surface area contributed by atoms with Gasteiger partial charge in [0.05, 0.1) is 0 Å². The number of rotatable bonds is 5. The van der Waals surface area contributed by atoms with Crippen molar-refractivity contribution in [2.45, 2.75) is 115 Å². The summed E-state index contributed by atoms with van der Waals surface area (Å²) in [5.41, 5.74) is 4.54. The van der Waals surface area contributed by atoms with Gasteiger partial charge in [0.25, 0.3) is 0 Å². The maximum Gasteiger partial charge on any atom is 0.0160 e. The quantitative estimate of drug-likeness (QED) is 0.475. The maximum atomic E-state index is 3.06. The van der Waals surface area contributed by atoms with Crippen molar-refractivity contribution < 1.29 is 0 Å². The Morgan fingerprint density at radius 1 is 0.931 bits per heavy atom. The zero-order chi connectivity index (χ0) is 19.7. The molecule has 160 valence electrons. The molecular weight excluding hydrogens is 350 g/mol. The highest BCUT2D eigenvalue weighted by atomic mass is 15.2. The minimum atomic E-state index is 0.500. The number of fused-ring (bicyclic) bond motifs is 1. The lowest BCUT2D eigenvalue weighted by Gasteiger charge is -2.62. The number of hydrogen-bond acceptors (Lipinski definition) is 1. The number of likely N-dealkylation sites (tertiary alicyclic amines) is 1. The zero-order valence-electron chi connectivity index (χ0n) is 18.9. The Hall–Kier alpha value is -0.820. The van der Waals surface area contributed by atoms with Crippen LogP contribution in [0.2, 0.25) is 0 Å². The van der Waals surface area contributed by atoms with Crippen molar-refractivity contribution >= 4 is 0 Å². The molecule has 0 radical (unpaired) electrons. The molecule has 1 heterocycles. The molecule has 0 spiro atoms. The van der Waals surface area contributed by atoms with Gasteiger partial charge in [-0.25, -0.2) is 0 Å². The number of nitrogens with zero attached hydrogens (tertiary/aromatic N) is 1. The Kier molecular flexibility index (Phi) is 5.80. The van der Waals surface area contributed by atoms with E-state index >= 15 is 0 Å². The SMILES string of the molecule is CCCCC1N(CC2CCCCCC2)CCC23CCCC12CCc1ccccc13. The van der Waals surface area contributed by atoms with E-state index in [1.54, 1.807) is 11.1 Å². The Labute approximate surface area is 179 Å². The monoisotopic (exact) mass is 393 g/mol. The van der Waals surface area contributed by atoms with Crippen LogP contribution in [0.1, 0.15) is 108 Å². The Bertz CT molecular complexity index is 687. The first kappa shape index (κ1) is 20.1. The molecule has 3 atom stereocenters. The molecule has 1 aromatic rings. The third-order valence-electron chi connectivity index (χ3n) is 9.76. The lowest BCUT2D eigenvalue weighted by Crippen LogP contribution is -2.63. The van der Waals surface area contributed by atoms with Crippen molar-refractivity contribution in [3.05, 3.63) is 35.4 Å². The second kappa shape index (κ2) is 8.37. The number of hydrogen-bond donors (Lipinski definition) is 0. The average Bonchev–Trinajstić information content (AvgIpc) is 2.98. The van der Waals surface area contributed by atoms with E-state index in [-0.39, 0.29) is 0 Å². The fourth-order valence-electron chi connectivity index (χ4n) is 8.48. The molecule has 5 rings (SSSR count). The third kappa shape index (κ3) is 3.31. The Morgan fingerprint density at radius 3 is 2.59 bits per heavy atom. The van der Waals surface area contributed by atoms with Crippen molar-refractivity contribution in [3.63, 3.8) is 0 Å². The summed E-state index contributed by atoms with van der Waals surface area (Å²) in [4.78, 5) is 3.06. The van der Waals surface area contributed by atoms with E-state index in [9.17, 15) is 0 Å². The second-order valence-electron chi connectivity index (χ2n) is 11.0. The highest BCUT2D eigenvalue weighted by Gasteiger charge is 2.63. The van der Waals surface area contributed by atoms with Crippen molar-refractivity contribution in [1.29, 1.82) is 0 Å². The topological polar surface area (TPSA) is 3.24 Å². The van der Waals surface area contributed by atoms with Crippen LogP contribution < -0.4 is 0 Å². The van der Waals surface area contributed by atoms with Crippen molar-refractivity contribution in [2.24, 2.45) is 11.3 Å². The van der Waals surface area contributed by atoms with Gasteiger partial charge < -0.3 is 0 Å². The molecule has 1 heteroatoms. The predicted octanol–water partition coefficient (Wildman–Crippen LogP) is 7.28. The molecule has 0 amide bonds. The van der Waals surface area contributed by atoms with E-state index < -0.39 is 0 Å². The number of piperidine rings is 1. The summed E-state index contributed by atoms with van der Waals surface area (Å²) in [5.74, 6) is 0.975. The van der Waals surface area contributed by atoms with Gasteiger partial charge in [-0.3, -0.25) is 4.90 Å². The van der Waals surface area contributed by atoms with Crippen molar-refractivity contribution in [1.82, 2.24) is 4.90 Å². The number of unbranched alkanes of at least 4 members (excludes halogenated alkanes) is 1. The van der Waals surface area contributed by atoms with Gasteiger partial charge in [0.1, 0.15) is 0 Å². The normalized spacial score (nSPS) is 35.6. The van der Waals surface area contributed by atoms with Gasteiger partial charge >= 0.3 is 0 Å². The highest BCUT2D eigenvalue weighted by Crippen LogP contribution is 2.66. The van der Waals surface area contributed by atoms with E-state index in [4.69, 9.17) is 0 Å². The summed E-state index contributed by atoms with van der Waals surface area (Å²) in [5, 5.41) is 0. The lowest BCUT2D eigenvalue weighted by molar-refractivity contribution is -0.0629. The molecule has 0 N–H and O–H groups in total. The molecule has 0 bridgehead atoms. The van der Waals surface area contributed by atoms with Crippen LogP contribution in [-0.2, 0) is 11.8 Å². The van der Waals surface area contributed by atoms with Gasteiger partial charge in [0.15, 0.2) is 0 Å². The van der Waals surface area contributed by atoms with Gasteiger partial charge in [0.2, 0.25) is 0 Å². The van der Waals surface area contributed by atoms with Gasteiger partial charge in [-0.15, -0.1) is 0 Å². The molecule has 0 aromatic heterocycles.